The summed E-state index contributed by atoms with van der Waals surface area (Å²) in [6.07, 6.45) is 0. The molecule has 19 heavy (non-hydrogen) atoms. The summed E-state index contributed by atoms with van der Waals surface area (Å²) < 4.78 is 7.60. The molecule has 94 valence electrons. The van der Waals surface area contributed by atoms with Crippen LogP contribution in [0.3, 0.4) is 0 Å². The molecule has 0 aliphatic heterocycles. The predicted octanol–water partition coefficient (Wildman–Crippen LogP) is 2.93. The van der Waals surface area contributed by atoms with E-state index in [0.717, 1.165) is 25.4 Å². The van der Waals surface area contributed by atoms with Crippen molar-refractivity contribution in [3.8, 4) is 15.8 Å². The van der Waals surface area contributed by atoms with E-state index in [9.17, 15) is 4.79 Å². The molecule has 0 spiro atoms. The molecule has 0 saturated carbocycles. The number of para-hydroxylation sites is 1. The molecule has 1 heterocycles. The Bertz CT molecular complexity index is 790. The van der Waals surface area contributed by atoms with E-state index in [2.05, 4.69) is 0 Å². The molecule has 0 atom stereocenters. The third kappa shape index (κ3) is 2.23. The van der Waals surface area contributed by atoms with Crippen molar-refractivity contribution in [1.29, 1.82) is 0 Å². The molecule has 0 radical (unpaired) electrons. The van der Waals surface area contributed by atoms with E-state index in [-0.39, 0.29) is 19.9 Å². The van der Waals surface area contributed by atoms with Crippen LogP contribution in [0.5, 0.6) is 5.75 Å². The average molecular weight is 315 g/mol. The van der Waals surface area contributed by atoms with E-state index < -0.39 is 0 Å². The van der Waals surface area contributed by atoms with E-state index in [4.69, 9.17) is 4.74 Å². The van der Waals surface area contributed by atoms with Crippen molar-refractivity contribution in [2.45, 2.75) is 0 Å². The summed E-state index contributed by atoms with van der Waals surface area (Å²) in [7, 11) is 1.66. The fourth-order valence-electron chi connectivity index (χ4n) is 2.08. The Balaban J connectivity index is 2.29. The molecule has 1 aromatic heterocycles. The summed E-state index contributed by atoms with van der Waals surface area (Å²) in [4.78, 5) is 12.2. The fourth-order valence-corrected chi connectivity index (χ4v) is 4.41. The zero-order valence-electron chi connectivity index (χ0n) is 10.4. The molecule has 0 unspecified atom stereocenters. The van der Waals surface area contributed by atoms with Gasteiger partial charge in [0.05, 0.1) is 0 Å². The number of ether oxygens (including phenoxy) is 1. The average Bonchev–Trinajstić information content (AvgIpc) is 2.47. The molecular weight excluding hydrogens is 303 g/mol. The molecule has 0 saturated heterocycles. The first-order chi connectivity index (χ1) is 9.29. The first kappa shape index (κ1) is 12.2. The summed E-state index contributed by atoms with van der Waals surface area (Å²) in [6, 6.07) is 17.4. The molecular formula is C16H12O2Se. The summed E-state index contributed by atoms with van der Waals surface area (Å²) in [5.41, 5.74) is 1.11. The zero-order chi connectivity index (χ0) is 13.2. The van der Waals surface area contributed by atoms with Crippen LogP contribution in [0.25, 0.3) is 19.6 Å². The van der Waals surface area contributed by atoms with Gasteiger partial charge in [0.2, 0.25) is 0 Å². The topological polar surface area (TPSA) is 26.3 Å². The number of hydrogen-bond acceptors (Lipinski definition) is 2. The molecule has 0 aliphatic rings. The first-order valence-electron chi connectivity index (χ1n) is 5.96. The minimum atomic E-state index is 0.0876. The third-order valence-corrected chi connectivity index (χ3v) is 5.39. The van der Waals surface area contributed by atoms with Crippen molar-refractivity contribution < 1.29 is 4.74 Å². The van der Waals surface area contributed by atoms with E-state index in [0.29, 0.717) is 0 Å². The third-order valence-electron chi connectivity index (χ3n) is 3.01. The van der Waals surface area contributed by atoms with Gasteiger partial charge < -0.3 is 0 Å². The molecule has 3 rings (SSSR count). The van der Waals surface area contributed by atoms with Crippen LogP contribution in [0, 0.1) is 0 Å². The van der Waals surface area contributed by atoms with Crippen molar-refractivity contribution in [2.75, 3.05) is 7.11 Å². The zero-order valence-corrected chi connectivity index (χ0v) is 12.1. The quantitative estimate of drug-likeness (QED) is 0.680. The van der Waals surface area contributed by atoms with Gasteiger partial charge in [0, 0.05) is 0 Å². The van der Waals surface area contributed by atoms with E-state index in [1.807, 2.05) is 48.5 Å². The van der Waals surface area contributed by atoms with Gasteiger partial charge in [-0.25, -0.2) is 0 Å². The second-order valence-corrected chi connectivity index (χ2v) is 6.45. The Labute approximate surface area is 117 Å². The number of benzene rings is 2. The van der Waals surface area contributed by atoms with E-state index >= 15 is 0 Å². The Kier molecular flexibility index (Phi) is 3.24. The van der Waals surface area contributed by atoms with Crippen LogP contribution in [-0.2, 0) is 0 Å². The molecule has 3 heteroatoms. The van der Waals surface area contributed by atoms with E-state index in [1.54, 1.807) is 13.2 Å². The van der Waals surface area contributed by atoms with Gasteiger partial charge >= 0.3 is 117 Å². The number of fused-ring (bicyclic) bond motifs is 1. The molecule has 0 fully saturated rings. The van der Waals surface area contributed by atoms with Gasteiger partial charge in [0.1, 0.15) is 0 Å². The maximum absolute atomic E-state index is 12.2. The van der Waals surface area contributed by atoms with Crippen LogP contribution in [0.4, 0.5) is 0 Å². The summed E-state index contributed by atoms with van der Waals surface area (Å²) in [5.74, 6) is 0.822. The van der Waals surface area contributed by atoms with Crippen molar-refractivity contribution in [2.24, 2.45) is 0 Å². The minimum absolute atomic E-state index is 0.0876. The Morgan fingerprint density at radius 3 is 2.58 bits per heavy atom. The van der Waals surface area contributed by atoms with E-state index in [1.165, 1.54) is 0 Å². The van der Waals surface area contributed by atoms with Crippen LogP contribution in [0.15, 0.2) is 59.4 Å². The van der Waals surface area contributed by atoms with Crippen molar-refractivity contribution in [3.05, 3.63) is 64.8 Å². The normalized spacial score (nSPS) is 10.6. The van der Waals surface area contributed by atoms with Gasteiger partial charge in [-0.1, -0.05) is 0 Å². The second-order valence-electron chi connectivity index (χ2n) is 4.17. The maximum atomic E-state index is 12.2. The Morgan fingerprint density at radius 2 is 1.74 bits per heavy atom. The van der Waals surface area contributed by atoms with Crippen molar-refractivity contribution in [3.63, 3.8) is 0 Å². The van der Waals surface area contributed by atoms with Crippen LogP contribution < -0.4 is 10.2 Å². The number of hydrogen-bond donors (Lipinski definition) is 0. The van der Waals surface area contributed by atoms with Crippen LogP contribution >= 0.6 is 0 Å². The Morgan fingerprint density at radius 1 is 1.00 bits per heavy atom. The van der Waals surface area contributed by atoms with Crippen molar-refractivity contribution >= 4 is 24.1 Å². The first-order valence-corrected chi connectivity index (χ1v) is 7.67. The second kappa shape index (κ2) is 5.04. The van der Waals surface area contributed by atoms with Gasteiger partial charge in [-0.2, -0.15) is 0 Å². The van der Waals surface area contributed by atoms with Crippen LogP contribution in [0.2, 0.25) is 0 Å². The van der Waals surface area contributed by atoms with Gasteiger partial charge in [0.25, 0.3) is 0 Å². The molecule has 3 aromatic rings. The van der Waals surface area contributed by atoms with Gasteiger partial charge in [-0.05, 0) is 0 Å². The number of methoxy groups -OCH3 is 1. The van der Waals surface area contributed by atoms with Gasteiger partial charge in [-0.3, -0.25) is 0 Å². The standard InChI is InChI=1S/C16H12O2Se/c1-18-14-8-4-2-7-12(14)16-10-13(17)11-6-3-5-9-15(11)19-16/h2-10H,1H3. The van der Waals surface area contributed by atoms with Crippen molar-refractivity contribution in [1.82, 2.24) is 0 Å². The predicted molar refractivity (Wildman–Crippen MR) is 79.1 cm³/mol. The molecule has 0 amide bonds. The number of rotatable bonds is 2. The van der Waals surface area contributed by atoms with Gasteiger partial charge in [0.15, 0.2) is 0 Å². The SMILES string of the molecule is COc1ccccc1-c1cc(=O)c2ccccc2[se]1. The Hall–Kier alpha value is -1.83. The molecule has 2 nitrogen and oxygen atoms in total. The summed E-state index contributed by atoms with van der Waals surface area (Å²) >= 11 is 0.138. The molecule has 0 bridgehead atoms. The molecule has 2 aromatic carbocycles. The monoisotopic (exact) mass is 316 g/mol. The summed E-state index contributed by atoms with van der Waals surface area (Å²) in [6.45, 7) is 0. The molecule has 0 aliphatic carbocycles. The van der Waals surface area contributed by atoms with Gasteiger partial charge in [-0.15, -0.1) is 0 Å². The fraction of sp³-hybridized carbons (Fsp3) is 0.0625. The summed E-state index contributed by atoms with van der Waals surface area (Å²) in [5, 5.41) is 0.834. The van der Waals surface area contributed by atoms with Crippen LogP contribution in [-0.4, -0.2) is 21.6 Å². The van der Waals surface area contributed by atoms with Crippen LogP contribution in [0.1, 0.15) is 0 Å². The molecule has 0 N–H and O–H groups in total.